The number of methoxy groups -OCH3 is 1. The summed E-state index contributed by atoms with van der Waals surface area (Å²) in [5.41, 5.74) is 2.53. The Kier molecular flexibility index (Phi) is 4.66. The van der Waals surface area contributed by atoms with Crippen molar-refractivity contribution < 1.29 is 14.6 Å². The molecule has 4 heteroatoms. The van der Waals surface area contributed by atoms with Crippen LogP contribution in [0.4, 0.5) is 0 Å². The van der Waals surface area contributed by atoms with Crippen molar-refractivity contribution in [3.8, 4) is 5.75 Å². The molecular formula is C17H15ClO3. The molecule has 0 aromatic heterocycles. The lowest BCUT2D eigenvalue weighted by Gasteiger charge is -2.09. The molecule has 0 aliphatic rings. The van der Waals surface area contributed by atoms with E-state index in [1.807, 2.05) is 13.0 Å². The lowest BCUT2D eigenvalue weighted by molar-refractivity contribution is -0.130. The molecule has 0 aliphatic carbocycles. The van der Waals surface area contributed by atoms with E-state index < -0.39 is 5.97 Å². The molecule has 0 radical (unpaired) electrons. The third kappa shape index (κ3) is 3.64. The van der Waals surface area contributed by atoms with Crippen LogP contribution >= 0.6 is 11.6 Å². The van der Waals surface area contributed by atoms with E-state index in [-0.39, 0.29) is 5.57 Å². The third-order valence-corrected chi connectivity index (χ3v) is 3.39. The molecule has 0 spiro atoms. The van der Waals surface area contributed by atoms with Crippen molar-refractivity contribution >= 4 is 29.2 Å². The topological polar surface area (TPSA) is 46.5 Å². The minimum Gasteiger partial charge on any atom is -0.497 e. The monoisotopic (exact) mass is 302 g/mol. The van der Waals surface area contributed by atoms with Crippen molar-refractivity contribution in [1.29, 1.82) is 0 Å². The summed E-state index contributed by atoms with van der Waals surface area (Å²) in [6, 6.07) is 12.3. The molecule has 3 nitrogen and oxygen atoms in total. The van der Waals surface area contributed by atoms with E-state index in [1.165, 1.54) is 0 Å². The number of hydrogen-bond acceptors (Lipinski definition) is 2. The molecule has 0 atom stereocenters. The fourth-order valence-corrected chi connectivity index (χ4v) is 2.17. The van der Waals surface area contributed by atoms with Gasteiger partial charge in [0.05, 0.1) is 12.7 Å². The molecule has 108 valence electrons. The zero-order valence-electron chi connectivity index (χ0n) is 11.8. The van der Waals surface area contributed by atoms with Crippen LogP contribution in [0.3, 0.4) is 0 Å². The van der Waals surface area contributed by atoms with E-state index in [0.717, 1.165) is 11.1 Å². The second kappa shape index (κ2) is 6.46. The van der Waals surface area contributed by atoms with Crippen molar-refractivity contribution in [3.05, 3.63) is 64.2 Å². The molecule has 2 aromatic rings. The molecule has 2 aromatic carbocycles. The van der Waals surface area contributed by atoms with Gasteiger partial charge in [-0.3, -0.25) is 0 Å². The molecule has 0 saturated carbocycles. The number of halogens is 1. The van der Waals surface area contributed by atoms with Crippen LogP contribution in [0.1, 0.15) is 16.7 Å². The minimum absolute atomic E-state index is 0.234. The van der Waals surface area contributed by atoms with Gasteiger partial charge in [-0.1, -0.05) is 29.8 Å². The van der Waals surface area contributed by atoms with Gasteiger partial charge in [-0.05, 0) is 54.0 Å². The van der Waals surface area contributed by atoms with Crippen LogP contribution in [0, 0.1) is 6.92 Å². The smallest absolute Gasteiger partial charge is 0.336 e. The first kappa shape index (κ1) is 15.1. The number of rotatable bonds is 4. The summed E-state index contributed by atoms with van der Waals surface area (Å²) in [5, 5.41) is 10.1. The zero-order valence-corrected chi connectivity index (χ0v) is 12.5. The fraction of sp³-hybridized carbons (Fsp3) is 0.118. The van der Waals surface area contributed by atoms with Crippen LogP contribution in [0.5, 0.6) is 5.75 Å². The molecule has 0 amide bonds. The van der Waals surface area contributed by atoms with Gasteiger partial charge in [-0.25, -0.2) is 4.79 Å². The van der Waals surface area contributed by atoms with Crippen LogP contribution in [-0.2, 0) is 4.79 Å². The predicted octanol–water partition coefficient (Wildman–Crippen LogP) is 4.28. The summed E-state index contributed by atoms with van der Waals surface area (Å²) < 4.78 is 5.14. The minimum atomic E-state index is -0.974. The molecule has 1 N–H and O–H groups in total. The van der Waals surface area contributed by atoms with E-state index in [1.54, 1.807) is 49.6 Å². The maximum atomic E-state index is 11.6. The van der Waals surface area contributed by atoms with Gasteiger partial charge in [0.15, 0.2) is 0 Å². The van der Waals surface area contributed by atoms with Crippen molar-refractivity contribution in [2.24, 2.45) is 0 Å². The summed E-state index contributed by atoms with van der Waals surface area (Å²) in [5.74, 6) is -0.273. The molecule has 2 rings (SSSR count). The van der Waals surface area contributed by atoms with Crippen LogP contribution in [-0.4, -0.2) is 18.2 Å². The Labute approximate surface area is 128 Å². The Morgan fingerprint density at radius 3 is 2.38 bits per heavy atom. The van der Waals surface area contributed by atoms with Gasteiger partial charge < -0.3 is 9.84 Å². The van der Waals surface area contributed by atoms with E-state index in [0.29, 0.717) is 16.3 Å². The van der Waals surface area contributed by atoms with Gasteiger partial charge >= 0.3 is 5.97 Å². The second-order valence-corrected chi connectivity index (χ2v) is 5.03. The molecule has 0 aliphatic heterocycles. The quantitative estimate of drug-likeness (QED) is 0.677. The summed E-state index contributed by atoms with van der Waals surface area (Å²) >= 11 is 5.84. The van der Waals surface area contributed by atoms with Gasteiger partial charge in [0.2, 0.25) is 0 Å². The molecule has 0 unspecified atom stereocenters. The first-order valence-electron chi connectivity index (χ1n) is 6.37. The van der Waals surface area contributed by atoms with Crippen molar-refractivity contribution in [1.82, 2.24) is 0 Å². The summed E-state index contributed by atoms with van der Waals surface area (Å²) in [6.07, 6.45) is 1.63. The van der Waals surface area contributed by atoms with E-state index >= 15 is 0 Å². The molecule has 0 heterocycles. The van der Waals surface area contributed by atoms with Crippen LogP contribution in [0.25, 0.3) is 11.6 Å². The summed E-state index contributed by atoms with van der Waals surface area (Å²) in [4.78, 5) is 11.6. The van der Waals surface area contributed by atoms with Crippen LogP contribution in [0.15, 0.2) is 42.5 Å². The standard InChI is InChI=1S/C17H15ClO3/c1-11-9-14(21-2)7-8-15(11)16(17(19)20)10-12-3-5-13(18)6-4-12/h3-10H,1-2H3,(H,19,20)/b16-10-. The highest BCUT2D eigenvalue weighted by Crippen LogP contribution is 2.26. The SMILES string of the molecule is COc1ccc(/C(=C/c2ccc(Cl)cc2)C(=O)O)c(C)c1. The van der Waals surface area contributed by atoms with Gasteiger partial charge in [-0.2, -0.15) is 0 Å². The maximum Gasteiger partial charge on any atom is 0.336 e. The number of benzene rings is 2. The lowest BCUT2D eigenvalue weighted by Crippen LogP contribution is -2.02. The summed E-state index contributed by atoms with van der Waals surface area (Å²) in [7, 11) is 1.58. The van der Waals surface area contributed by atoms with Crippen molar-refractivity contribution in [3.63, 3.8) is 0 Å². The third-order valence-electron chi connectivity index (χ3n) is 3.14. The first-order valence-corrected chi connectivity index (χ1v) is 6.74. The average molecular weight is 303 g/mol. The van der Waals surface area contributed by atoms with E-state index in [9.17, 15) is 9.90 Å². The molecule has 0 bridgehead atoms. The highest BCUT2D eigenvalue weighted by atomic mass is 35.5. The Bertz CT molecular complexity index is 688. The number of carboxylic acid groups (broad SMARTS) is 1. The Morgan fingerprint density at radius 1 is 1.19 bits per heavy atom. The average Bonchev–Trinajstić information content (AvgIpc) is 2.46. The van der Waals surface area contributed by atoms with Gasteiger partial charge in [-0.15, -0.1) is 0 Å². The van der Waals surface area contributed by atoms with Crippen molar-refractivity contribution in [2.75, 3.05) is 7.11 Å². The van der Waals surface area contributed by atoms with Gasteiger partial charge in [0.25, 0.3) is 0 Å². The summed E-state index contributed by atoms with van der Waals surface area (Å²) in [6.45, 7) is 1.86. The first-order chi connectivity index (χ1) is 10.0. The number of hydrogen-bond donors (Lipinski definition) is 1. The number of ether oxygens (including phenoxy) is 1. The van der Waals surface area contributed by atoms with Crippen LogP contribution in [0.2, 0.25) is 5.02 Å². The fourth-order valence-electron chi connectivity index (χ4n) is 2.05. The Hall–Kier alpha value is -2.26. The molecule has 0 saturated heterocycles. The molecule has 0 fully saturated rings. The lowest BCUT2D eigenvalue weighted by atomic mass is 9.98. The highest BCUT2D eigenvalue weighted by Gasteiger charge is 2.13. The van der Waals surface area contributed by atoms with Gasteiger partial charge in [0.1, 0.15) is 5.75 Å². The number of aliphatic carboxylic acids is 1. The van der Waals surface area contributed by atoms with E-state index in [4.69, 9.17) is 16.3 Å². The Morgan fingerprint density at radius 2 is 1.86 bits per heavy atom. The highest BCUT2D eigenvalue weighted by molar-refractivity contribution is 6.30. The van der Waals surface area contributed by atoms with Crippen LogP contribution < -0.4 is 4.74 Å². The molecular weight excluding hydrogens is 288 g/mol. The normalized spacial score (nSPS) is 11.3. The number of carboxylic acids is 1. The largest absolute Gasteiger partial charge is 0.497 e. The number of aryl methyl sites for hydroxylation is 1. The second-order valence-electron chi connectivity index (χ2n) is 4.60. The van der Waals surface area contributed by atoms with E-state index in [2.05, 4.69) is 0 Å². The van der Waals surface area contributed by atoms with Gasteiger partial charge in [0, 0.05) is 5.02 Å². The zero-order chi connectivity index (χ0) is 15.4. The number of carbonyl (C=O) groups is 1. The molecule has 21 heavy (non-hydrogen) atoms. The maximum absolute atomic E-state index is 11.6. The Balaban J connectivity index is 2.48. The predicted molar refractivity (Wildman–Crippen MR) is 84.7 cm³/mol. The van der Waals surface area contributed by atoms with Crippen molar-refractivity contribution in [2.45, 2.75) is 6.92 Å².